The molecule has 8 heteroatoms. The summed E-state index contributed by atoms with van der Waals surface area (Å²) in [5.41, 5.74) is 0.836. The van der Waals surface area contributed by atoms with Gasteiger partial charge < -0.3 is 14.6 Å². The second-order valence-electron chi connectivity index (χ2n) is 6.48. The molecular formula is C15H22N2O5S. The molecule has 128 valence electrons. The van der Waals surface area contributed by atoms with Crippen molar-refractivity contribution in [3.05, 3.63) is 17.5 Å². The van der Waals surface area contributed by atoms with E-state index in [9.17, 15) is 13.2 Å². The summed E-state index contributed by atoms with van der Waals surface area (Å²) < 4.78 is 33.6. The van der Waals surface area contributed by atoms with E-state index in [4.69, 9.17) is 9.26 Å². The fourth-order valence-electron chi connectivity index (χ4n) is 3.18. The first-order valence-corrected chi connectivity index (χ1v) is 9.76. The van der Waals surface area contributed by atoms with Crippen molar-refractivity contribution in [1.29, 1.82) is 0 Å². The van der Waals surface area contributed by atoms with Crippen molar-refractivity contribution in [1.82, 2.24) is 10.5 Å². The van der Waals surface area contributed by atoms with E-state index in [0.29, 0.717) is 32.5 Å². The predicted molar refractivity (Wildman–Crippen MR) is 82.6 cm³/mol. The maximum atomic E-state index is 12.4. The molecule has 3 rings (SSSR count). The van der Waals surface area contributed by atoms with Crippen LogP contribution < -0.4 is 5.32 Å². The fraction of sp³-hybridized carbons (Fsp3) is 0.733. The maximum absolute atomic E-state index is 12.4. The number of nitrogens with zero attached hydrogens (tertiary/aromatic N) is 1. The average Bonchev–Trinajstić information content (AvgIpc) is 3.09. The number of rotatable bonds is 4. The molecule has 2 aliphatic heterocycles. The molecule has 2 fully saturated rings. The van der Waals surface area contributed by atoms with E-state index in [-0.39, 0.29) is 35.3 Å². The van der Waals surface area contributed by atoms with E-state index in [0.717, 1.165) is 11.5 Å². The largest absolute Gasteiger partial charge is 0.379 e. The van der Waals surface area contributed by atoms with E-state index in [1.54, 1.807) is 0 Å². The third-order valence-electron chi connectivity index (χ3n) is 4.59. The van der Waals surface area contributed by atoms with Gasteiger partial charge in [0.05, 0.1) is 36.5 Å². The number of amides is 1. The zero-order valence-electron chi connectivity index (χ0n) is 13.2. The van der Waals surface area contributed by atoms with Gasteiger partial charge in [-0.3, -0.25) is 4.79 Å². The number of ether oxygens (including phenoxy) is 1. The molecule has 1 N–H and O–H groups in total. The van der Waals surface area contributed by atoms with Crippen molar-refractivity contribution in [3.8, 4) is 0 Å². The van der Waals surface area contributed by atoms with Crippen LogP contribution >= 0.6 is 0 Å². The summed E-state index contributed by atoms with van der Waals surface area (Å²) in [5, 5.41) is 6.90. The molecule has 7 nitrogen and oxygen atoms in total. The number of nitrogens with one attached hydrogen (secondary N) is 1. The van der Waals surface area contributed by atoms with Crippen LogP contribution in [0.2, 0.25) is 0 Å². The molecular weight excluding hydrogens is 320 g/mol. The molecule has 1 aromatic rings. The van der Waals surface area contributed by atoms with Gasteiger partial charge >= 0.3 is 0 Å². The van der Waals surface area contributed by atoms with E-state index >= 15 is 0 Å². The molecule has 0 spiro atoms. The third kappa shape index (κ3) is 4.11. The highest BCUT2D eigenvalue weighted by Gasteiger charge is 2.34. The summed E-state index contributed by atoms with van der Waals surface area (Å²) in [6.45, 7) is 2.92. The van der Waals surface area contributed by atoms with Crippen LogP contribution in [0.3, 0.4) is 0 Å². The van der Waals surface area contributed by atoms with Crippen LogP contribution in [-0.2, 0) is 25.8 Å². The van der Waals surface area contributed by atoms with Crippen LogP contribution in [0.15, 0.2) is 10.6 Å². The molecule has 23 heavy (non-hydrogen) atoms. The fourth-order valence-corrected chi connectivity index (χ4v) is 4.67. The van der Waals surface area contributed by atoms with Crippen molar-refractivity contribution >= 4 is 15.7 Å². The van der Waals surface area contributed by atoms with Crippen LogP contribution in [0.1, 0.15) is 24.3 Å². The van der Waals surface area contributed by atoms with Gasteiger partial charge in [0.1, 0.15) is 15.6 Å². The van der Waals surface area contributed by atoms with Gasteiger partial charge in [-0.2, -0.15) is 0 Å². The Balaban J connectivity index is 1.55. The minimum Gasteiger partial charge on any atom is -0.379 e. The molecule has 0 saturated carbocycles. The minimum atomic E-state index is -2.95. The summed E-state index contributed by atoms with van der Waals surface area (Å²) >= 11 is 0. The summed E-state index contributed by atoms with van der Waals surface area (Å²) in [5.74, 6) is 0.876. The van der Waals surface area contributed by atoms with Crippen LogP contribution in [-0.4, -0.2) is 50.2 Å². The number of aromatic nitrogens is 1. The highest BCUT2D eigenvalue weighted by atomic mass is 32.2. The summed E-state index contributed by atoms with van der Waals surface area (Å²) in [6, 6.07) is 1.83. The highest BCUT2D eigenvalue weighted by Crippen LogP contribution is 2.23. The van der Waals surface area contributed by atoms with E-state index in [2.05, 4.69) is 10.5 Å². The zero-order valence-corrected chi connectivity index (χ0v) is 14.0. The normalized spacial score (nSPS) is 27.9. The molecule has 0 unspecified atom stereocenters. The van der Waals surface area contributed by atoms with Crippen LogP contribution in [0, 0.1) is 18.8 Å². The first kappa shape index (κ1) is 16.4. The molecule has 0 aliphatic carbocycles. The third-order valence-corrected chi connectivity index (χ3v) is 6.31. The Hall–Kier alpha value is -1.41. The first-order chi connectivity index (χ1) is 10.9. The van der Waals surface area contributed by atoms with Gasteiger partial charge in [0.15, 0.2) is 0 Å². The van der Waals surface area contributed by atoms with E-state index in [1.807, 2.05) is 13.0 Å². The van der Waals surface area contributed by atoms with Crippen molar-refractivity contribution in [2.75, 3.05) is 24.7 Å². The Bertz CT molecular complexity index is 655. The van der Waals surface area contributed by atoms with Gasteiger partial charge in [0, 0.05) is 24.3 Å². The second kappa shape index (κ2) is 6.60. The molecule has 1 aromatic heterocycles. The average molecular weight is 342 g/mol. The lowest BCUT2D eigenvalue weighted by molar-refractivity contribution is -0.126. The van der Waals surface area contributed by atoms with Crippen molar-refractivity contribution in [2.24, 2.45) is 11.8 Å². The topological polar surface area (TPSA) is 98.5 Å². The number of carbonyl (C=O) groups is 1. The molecule has 1 amide bonds. The quantitative estimate of drug-likeness (QED) is 0.855. The smallest absolute Gasteiger partial charge is 0.223 e. The number of aryl methyl sites for hydroxylation is 1. The summed E-state index contributed by atoms with van der Waals surface area (Å²) in [4.78, 5) is 12.4. The summed E-state index contributed by atoms with van der Waals surface area (Å²) in [7, 11) is -2.95. The first-order valence-electron chi connectivity index (χ1n) is 7.94. The second-order valence-corrected chi connectivity index (χ2v) is 8.78. The monoisotopic (exact) mass is 342 g/mol. The van der Waals surface area contributed by atoms with Crippen LogP contribution in [0.25, 0.3) is 0 Å². The van der Waals surface area contributed by atoms with Gasteiger partial charge in [-0.1, -0.05) is 5.16 Å². The SMILES string of the molecule is Cc1cc(C[C@@H]2COC[C@@H]2NC(=O)C2CCS(=O)(=O)CC2)on1. The van der Waals surface area contributed by atoms with Gasteiger partial charge in [-0.25, -0.2) is 8.42 Å². The van der Waals surface area contributed by atoms with Crippen molar-refractivity contribution in [3.63, 3.8) is 0 Å². The number of hydrogen-bond acceptors (Lipinski definition) is 6. The van der Waals surface area contributed by atoms with Crippen LogP contribution in [0.5, 0.6) is 0 Å². The lowest BCUT2D eigenvalue weighted by Crippen LogP contribution is -2.45. The highest BCUT2D eigenvalue weighted by molar-refractivity contribution is 7.91. The zero-order chi connectivity index (χ0) is 16.4. The molecule has 2 aliphatic rings. The Kier molecular flexibility index (Phi) is 4.72. The molecule has 0 aromatic carbocycles. The number of carbonyl (C=O) groups excluding carboxylic acids is 1. The van der Waals surface area contributed by atoms with Gasteiger partial charge in [-0.15, -0.1) is 0 Å². The van der Waals surface area contributed by atoms with E-state index in [1.165, 1.54) is 0 Å². The Labute approximate surface area is 135 Å². The Morgan fingerprint density at radius 3 is 2.74 bits per heavy atom. The number of sulfone groups is 1. The molecule has 2 atom stereocenters. The molecule has 0 bridgehead atoms. The predicted octanol–water partition coefficient (Wildman–Crippen LogP) is 0.482. The molecule has 2 saturated heterocycles. The Morgan fingerprint density at radius 2 is 2.09 bits per heavy atom. The van der Waals surface area contributed by atoms with Crippen LogP contribution in [0.4, 0.5) is 0 Å². The summed E-state index contributed by atoms with van der Waals surface area (Å²) in [6.07, 6.45) is 1.49. The molecule has 0 radical (unpaired) electrons. The lowest BCUT2D eigenvalue weighted by Gasteiger charge is -2.24. The van der Waals surface area contributed by atoms with Gasteiger partial charge in [-0.05, 0) is 19.8 Å². The molecule has 3 heterocycles. The number of hydrogen-bond donors (Lipinski definition) is 1. The maximum Gasteiger partial charge on any atom is 0.223 e. The Morgan fingerprint density at radius 1 is 1.35 bits per heavy atom. The van der Waals surface area contributed by atoms with Crippen molar-refractivity contribution in [2.45, 2.75) is 32.2 Å². The van der Waals surface area contributed by atoms with Crippen molar-refractivity contribution < 1.29 is 22.5 Å². The van der Waals surface area contributed by atoms with Gasteiger partial charge in [0.2, 0.25) is 5.91 Å². The standard InChI is InChI=1S/C15H22N2O5S/c1-10-6-13(22-17-10)7-12-8-21-9-14(12)16-15(18)11-2-4-23(19,20)5-3-11/h6,11-12,14H,2-5,7-9H2,1H3,(H,16,18)/t12-,14+/m1/s1. The van der Waals surface area contributed by atoms with E-state index < -0.39 is 9.84 Å². The van der Waals surface area contributed by atoms with Gasteiger partial charge in [0.25, 0.3) is 0 Å². The minimum absolute atomic E-state index is 0.0610. The lowest BCUT2D eigenvalue weighted by atomic mass is 9.96.